The zero-order valence-electron chi connectivity index (χ0n) is 14.4. The summed E-state index contributed by atoms with van der Waals surface area (Å²) < 4.78 is 16.3. The highest BCUT2D eigenvalue weighted by Gasteiger charge is 2.25. The second-order valence-corrected chi connectivity index (χ2v) is 8.05. The molecule has 0 fully saturated rings. The van der Waals surface area contributed by atoms with Crippen LogP contribution < -0.4 is 5.32 Å². The summed E-state index contributed by atoms with van der Waals surface area (Å²) >= 11 is 6.80. The molecule has 4 rings (SSSR count). The molecule has 0 saturated heterocycles. The van der Waals surface area contributed by atoms with Gasteiger partial charge in [0.1, 0.15) is 5.82 Å². The molecule has 1 aliphatic carbocycles. The van der Waals surface area contributed by atoms with Gasteiger partial charge in [-0.25, -0.2) is 9.07 Å². The van der Waals surface area contributed by atoms with Crippen LogP contribution in [-0.4, -0.2) is 21.7 Å². The standard InChI is InChI=1S/C19H19FN4S2/c1-23(17-11-10-13-6-2-3-7-14(13)17)12-24-19(25)26-18(22-24)21-16-9-5-4-8-15(16)20/h2-9,17H,10-12H2,1H3,(H,21,22). The summed E-state index contributed by atoms with van der Waals surface area (Å²) in [5.74, 6) is -0.306. The molecule has 134 valence electrons. The van der Waals surface area contributed by atoms with Gasteiger partial charge in [0.05, 0.1) is 12.4 Å². The highest BCUT2D eigenvalue weighted by molar-refractivity contribution is 7.73. The molecule has 1 aliphatic rings. The minimum absolute atomic E-state index is 0.306. The molecule has 7 heteroatoms. The van der Waals surface area contributed by atoms with Crippen molar-refractivity contribution >= 4 is 34.4 Å². The smallest absolute Gasteiger partial charge is 0.209 e. The SMILES string of the molecule is CN(Cn1nc(Nc2ccccc2F)sc1=S)C1CCc2ccccc21. The van der Waals surface area contributed by atoms with Gasteiger partial charge in [0.15, 0.2) is 3.95 Å². The van der Waals surface area contributed by atoms with Crippen LogP contribution in [0.5, 0.6) is 0 Å². The first-order valence-corrected chi connectivity index (χ1v) is 9.72. The molecule has 2 aromatic carbocycles. The lowest BCUT2D eigenvalue weighted by Gasteiger charge is -2.24. The Bertz CT molecular complexity index is 981. The maximum atomic E-state index is 13.8. The fraction of sp³-hybridized carbons (Fsp3) is 0.263. The highest BCUT2D eigenvalue weighted by Crippen LogP contribution is 2.35. The quantitative estimate of drug-likeness (QED) is 0.616. The zero-order valence-corrected chi connectivity index (χ0v) is 16.0. The Kier molecular flexibility index (Phi) is 4.84. The average Bonchev–Trinajstić information content (AvgIpc) is 3.21. The molecule has 1 atom stereocenters. The first kappa shape index (κ1) is 17.3. The van der Waals surface area contributed by atoms with Gasteiger partial charge in [0, 0.05) is 6.04 Å². The van der Waals surface area contributed by atoms with Gasteiger partial charge in [-0.1, -0.05) is 47.7 Å². The number of fused-ring (bicyclic) bond motifs is 1. The number of para-hydroxylation sites is 1. The summed E-state index contributed by atoms with van der Waals surface area (Å²) in [5, 5.41) is 8.14. The summed E-state index contributed by atoms with van der Waals surface area (Å²) in [6.45, 7) is 0.604. The molecular formula is C19H19FN4S2. The van der Waals surface area contributed by atoms with Crippen molar-refractivity contribution in [2.45, 2.75) is 25.6 Å². The van der Waals surface area contributed by atoms with Crippen molar-refractivity contribution in [1.29, 1.82) is 0 Å². The van der Waals surface area contributed by atoms with Crippen molar-refractivity contribution in [1.82, 2.24) is 14.7 Å². The minimum atomic E-state index is -0.306. The molecule has 0 saturated carbocycles. The first-order valence-electron chi connectivity index (χ1n) is 8.49. The van der Waals surface area contributed by atoms with E-state index in [0.717, 1.165) is 12.8 Å². The first-order chi connectivity index (χ1) is 12.6. The lowest BCUT2D eigenvalue weighted by Crippen LogP contribution is -2.26. The van der Waals surface area contributed by atoms with Gasteiger partial charge in [-0.3, -0.25) is 4.90 Å². The number of aromatic nitrogens is 2. The summed E-state index contributed by atoms with van der Waals surface area (Å²) in [5.41, 5.74) is 3.22. The number of benzene rings is 2. The number of aryl methyl sites for hydroxylation is 1. The number of anilines is 2. The predicted molar refractivity (Wildman–Crippen MR) is 106 cm³/mol. The van der Waals surface area contributed by atoms with Crippen molar-refractivity contribution in [3.63, 3.8) is 0 Å². The third-order valence-corrected chi connectivity index (χ3v) is 5.94. The summed E-state index contributed by atoms with van der Waals surface area (Å²) in [6.07, 6.45) is 2.21. The summed E-state index contributed by atoms with van der Waals surface area (Å²) in [7, 11) is 2.10. The van der Waals surface area contributed by atoms with Crippen LogP contribution in [0.1, 0.15) is 23.6 Å². The Balaban J connectivity index is 1.50. The number of hydrogen-bond acceptors (Lipinski definition) is 5. The molecule has 1 aromatic heterocycles. The lowest BCUT2D eigenvalue weighted by atomic mass is 10.1. The van der Waals surface area contributed by atoms with E-state index in [1.807, 2.05) is 0 Å². The van der Waals surface area contributed by atoms with E-state index < -0.39 is 0 Å². The maximum absolute atomic E-state index is 13.8. The van der Waals surface area contributed by atoms with Crippen LogP contribution in [0.4, 0.5) is 15.2 Å². The van der Waals surface area contributed by atoms with Gasteiger partial charge in [0.2, 0.25) is 5.13 Å². The normalized spacial score (nSPS) is 16.0. The molecule has 0 bridgehead atoms. The fourth-order valence-electron chi connectivity index (χ4n) is 3.43. The van der Waals surface area contributed by atoms with Crippen molar-refractivity contribution in [2.24, 2.45) is 0 Å². The molecular weight excluding hydrogens is 367 g/mol. The molecule has 3 aromatic rings. The van der Waals surface area contributed by atoms with E-state index in [0.29, 0.717) is 27.5 Å². The monoisotopic (exact) mass is 386 g/mol. The minimum Gasteiger partial charge on any atom is -0.328 e. The van der Waals surface area contributed by atoms with Gasteiger partial charge in [0.25, 0.3) is 0 Å². The Morgan fingerprint density at radius 2 is 2.04 bits per heavy atom. The van der Waals surface area contributed by atoms with Crippen molar-refractivity contribution < 1.29 is 4.39 Å². The van der Waals surface area contributed by atoms with Crippen LogP contribution in [-0.2, 0) is 13.1 Å². The topological polar surface area (TPSA) is 33.1 Å². The maximum Gasteiger partial charge on any atom is 0.209 e. The van der Waals surface area contributed by atoms with Gasteiger partial charge in [-0.2, -0.15) is 0 Å². The number of hydrogen-bond donors (Lipinski definition) is 1. The number of nitrogens with zero attached hydrogens (tertiary/aromatic N) is 3. The second kappa shape index (κ2) is 7.26. The third-order valence-electron chi connectivity index (χ3n) is 4.71. The van der Waals surface area contributed by atoms with E-state index in [4.69, 9.17) is 12.2 Å². The number of rotatable bonds is 5. The fourth-order valence-corrected chi connectivity index (χ4v) is 4.43. The summed E-state index contributed by atoms with van der Waals surface area (Å²) in [6, 6.07) is 15.5. The molecule has 1 heterocycles. The summed E-state index contributed by atoms with van der Waals surface area (Å²) in [4.78, 5) is 2.27. The Morgan fingerprint density at radius 3 is 2.88 bits per heavy atom. The van der Waals surface area contributed by atoms with E-state index in [-0.39, 0.29) is 5.82 Å². The molecule has 1 unspecified atom stereocenters. The van der Waals surface area contributed by atoms with Gasteiger partial charge < -0.3 is 5.32 Å². The number of nitrogens with one attached hydrogen (secondary N) is 1. The molecule has 4 nitrogen and oxygen atoms in total. The van der Waals surface area contributed by atoms with Gasteiger partial charge >= 0.3 is 0 Å². The van der Waals surface area contributed by atoms with Crippen LogP contribution in [0.2, 0.25) is 0 Å². The van der Waals surface area contributed by atoms with Crippen LogP contribution in [0.25, 0.3) is 0 Å². The molecule has 0 radical (unpaired) electrons. The molecule has 26 heavy (non-hydrogen) atoms. The Morgan fingerprint density at radius 1 is 1.27 bits per heavy atom. The van der Waals surface area contributed by atoms with Gasteiger partial charge in [-0.05, 0) is 55.4 Å². The largest absolute Gasteiger partial charge is 0.328 e. The Labute approximate surface area is 160 Å². The van der Waals surface area contributed by atoms with E-state index in [2.05, 4.69) is 46.6 Å². The van der Waals surface area contributed by atoms with E-state index >= 15 is 0 Å². The van der Waals surface area contributed by atoms with Crippen LogP contribution in [0.15, 0.2) is 48.5 Å². The highest BCUT2D eigenvalue weighted by atomic mass is 32.1. The lowest BCUT2D eigenvalue weighted by molar-refractivity contribution is 0.183. The van der Waals surface area contributed by atoms with Crippen LogP contribution >= 0.6 is 23.6 Å². The van der Waals surface area contributed by atoms with E-state index in [9.17, 15) is 4.39 Å². The Hall–Kier alpha value is -2.09. The van der Waals surface area contributed by atoms with Crippen LogP contribution in [0, 0.1) is 9.77 Å². The molecule has 0 aliphatic heterocycles. The third kappa shape index (κ3) is 3.42. The predicted octanol–water partition coefficient (Wildman–Crippen LogP) is 5.13. The van der Waals surface area contributed by atoms with Gasteiger partial charge in [-0.15, -0.1) is 5.10 Å². The number of halogens is 1. The molecule has 0 spiro atoms. The van der Waals surface area contributed by atoms with Crippen molar-refractivity contribution in [3.8, 4) is 0 Å². The molecule has 1 N–H and O–H groups in total. The average molecular weight is 387 g/mol. The van der Waals surface area contributed by atoms with E-state index in [1.54, 1.807) is 22.9 Å². The molecule has 0 amide bonds. The van der Waals surface area contributed by atoms with Crippen LogP contribution in [0.3, 0.4) is 0 Å². The van der Waals surface area contributed by atoms with E-state index in [1.165, 1.54) is 28.5 Å². The second-order valence-electron chi connectivity index (χ2n) is 6.43. The van der Waals surface area contributed by atoms with Crippen molar-refractivity contribution in [2.75, 3.05) is 12.4 Å². The zero-order chi connectivity index (χ0) is 18.1. The van der Waals surface area contributed by atoms with Crippen molar-refractivity contribution in [3.05, 3.63) is 69.4 Å².